The quantitative estimate of drug-likeness (QED) is 0.343. The molecule has 12 heteroatoms. The molecule has 0 atom stereocenters. The van der Waals surface area contributed by atoms with Gasteiger partial charge in [0, 0.05) is 16.1 Å². The molecule has 0 radical (unpaired) electrons. The van der Waals surface area contributed by atoms with Gasteiger partial charge in [0.1, 0.15) is 5.69 Å². The third-order valence-corrected chi connectivity index (χ3v) is 5.38. The number of amides is 2. The fourth-order valence-corrected chi connectivity index (χ4v) is 3.71. The number of carbonyl (C=O) groups is 2. The van der Waals surface area contributed by atoms with Crippen LogP contribution in [0.4, 0.5) is 18.9 Å². The van der Waals surface area contributed by atoms with Crippen LogP contribution in [0.3, 0.4) is 0 Å². The summed E-state index contributed by atoms with van der Waals surface area (Å²) in [6.45, 7) is 1.59. The van der Waals surface area contributed by atoms with E-state index in [1.807, 2.05) is 11.4 Å². The van der Waals surface area contributed by atoms with Crippen molar-refractivity contribution >= 4 is 58.3 Å². The third kappa shape index (κ3) is 5.64. The molecule has 0 bridgehead atoms. The zero-order valence-corrected chi connectivity index (χ0v) is 18.5. The van der Waals surface area contributed by atoms with E-state index in [0.717, 1.165) is 4.88 Å². The zero-order chi connectivity index (χ0) is 23.5. The van der Waals surface area contributed by atoms with Gasteiger partial charge < -0.3 is 5.32 Å². The van der Waals surface area contributed by atoms with Crippen LogP contribution in [0.15, 0.2) is 47.0 Å². The van der Waals surface area contributed by atoms with Crippen LogP contribution < -0.4 is 10.7 Å². The highest BCUT2D eigenvalue weighted by molar-refractivity contribution is 7.11. The van der Waals surface area contributed by atoms with Gasteiger partial charge in [0.25, 0.3) is 11.8 Å². The molecule has 0 spiro atoms. The minimum absolute atomic E-state index is 0.00489. The van der Waals surface area contributed by atoms with E-state index in [1.165, 1.54) is 29.7 Å². The first kappa shape index (κ1) is 23.7. The molecule has 0 aliphatic rings. The van der Waals surface area contributed by atoms with E-state index in [2.05, 4.69) is 20.8 Å². The van der Waals surface area contributed by atoms with Crippen molar-refractivity contribution in [2.75, 3.05) is 5.32 Å². The lowest BCUT2D eigenvalue weighted by molar-refractivity contribution is -0.137. The van der Waals surface area contributed by atoms with Crippen molar-refractivity contribution in [1.82, 2.24) is 10.4 Å². The van der Waals surface area contributed by atoms with Crippen molar-refractivity contribution in [2.24, 2.45) is 5.10 Å². The van der Waals surface area contributed by atoms with Gasteiger partial charge >= 0.3 is 6.18 Å². The molecule has 2 amide bonds. The van der Waals surface area contributed by atoms with Crippen LogP contribution in [-0.4, -0.2) is 23.0 Å². The second kappa shape index (κ2) is 9.68. The van der Waals surface area contributed by atoms with Crippen LogP contribution in [0.5, 0.6) is 0 Å². The summed E-state index contributed by atoms with van der Waals surface area (Å²) >= 11 is 13.3. The highest BCUT2D eigenvalue weighted by atomic mass is 35.5. The van der Waals surface area contributed by atoms with E-state index in [9.17, 15) is 22.8 Å². The van der Waals surface area contributed by atoms with Gasteiger partial charge in [-0.2, -0.15) is 18.3 Å². The Morgan fingerprint density at radius 2 is 1.94 bits per heavy atom. The second-order valence-corrected chi connectivity index (χ2v) is 8.19. The van der Waals surface area contributed by atoms with Crippen LogP contribution in [0.25, 0.3) is 0 Å². The zero-order valence-electron chi connectivity index (χ0n) is 16.1. The van der Waals surface area contributed by atoms with Crippen LogP contribution in [0.1, 0.15) is 36.9 Å². The first-order chi connectivity index (χ1) is 15.1. The molecule has 0 saturated carbocycles. The maximum absolute atomic E-state index is 12.8. The minimum Gasteiger partial charge on any atom is -0.320 e. The lowest BCUT2D eigenvalue weighted by Gasteiger charge is -2.14. The number of alkyl halides is 3. The number of halogens is 5. The molecular weight excluding hydrogens is 488 g/mol. The van der Waals surface area contributed by atoms with Crippen molar-refractivity contribution in [1.29, 1.82) is 0 Å². The van der Waals surface area contributed by atoms with Crippen molar-refractivity contribution in [3.63, 3.8) is 0 Å². The van der Waals surface area contributed by atoms with Gasteiger partial charge in [-0.25, -0.2) is 10.4 Å². The third-order valence-electron chi connectivity index (χ3n) is 4.07. The number of aryl methyl sites for hydroxylation is 1. The van der Waals surface area contributed by atoms with Crippen LogP contribution in [0, 0.1) is 6.92 Å². The van der Waals surface area contributed by atoms with E-state index in [1.54, 1.807) is 13.0 Å². The first-order valence-electron chi connectivity index (χ1n) is 8.77. The van der Waals surface area contributed by atoms with E-state index in [0.29, 0.717) is 17.8 Å². The van der Waals surface area contributed by atoms with Crippen molar-refractivity contribution in [2.45, 2.75) is 13.1 Å². The molecule has 0 fully saturated rings. The summed E-state index contributed by atoms with van der Waals surface area (Å²) in [4.78, 5) is 29.6. The summed E-state index contributed by atoms with van der Waals surface area (Å²) in [5, 5.41) is 7.92. The standard InChI is InChI=1S/C20H13Cl2F3N4O2S/c1-10-5-12(21)7-14(18(30)29-27-9-13-3-2-4-32-13)16(10)28-19(31)17-15(22)6-11(8-26-17)20(23,24)25/h2-9H,1H3,(H,28,31)(H,29,30). The Labute approximate surface area is 194 Å². The largest absolute Gasteiger partial charge is 0.417 e. The van der Waals surface area contributed by atoms with Crippen molar-refractivity contribution in [3.05, 3.63) is 79.2 Å². The Bertz CT molecular complexity index is 1200. The lowest BCUT2D eigenvalue weighted by atomic mass is 10.1. The van der Waals surface area contributed by atoms with Gasteiger partial charge in [0.2, 0.25) is 0 Å². The topological polar surface area (TPSA) is 83.5 Å². The molecule has 2 aromatic heterocycles. The normalized spacial score (nSPS) is 11.6. The molecule has 3 aromatic rings. The molecule has 0 aliphatic carbocycles. The summed E-state index contributed by atoms with van der Waals surface area (Å²) in [7, 11) is 0. The fourth-order valence-electron chi connectivity index (χ4n) is 2.60. The number of benzene rings is 1. The number of nitrogens with zero attached hydrogens (tertiary/aromatic N) is 2. The Morgan fingerprint density at radius 1 is 1.19 bits per heavy atom. The Hall–Kier alpha value is -2.95. The summed E-state index contributed by atoms with van der Waals surface area (Å²) in [5.74, 6) is -1.56. The van der Waals surface area contributed by atoms with Crippen LogP contribution in [-0.2, 0) is 6.18 Å². The SMILES string of the molecule is Cc1cc(Cl)cc(C(=O)NN=Cc2cccs2)c1NC(=O)c1ncc(C(F)(F)F)cc1Cl. The number of aromatic nitrogens is 1. The lowest BCUT2D eigenvalue weighted by Crippen LogP contribution is -2.23. The van der Waals surface area contributed by atoms with Gasteiger partial charge in [0.05, 0.1) is 28.1 Å². The Balaban J connectivity index is 1.86. The first-order valence-corrected chi connectivity index (χ1v) is 10.4. The predicted octanol–water partition coefficient (Wildman–Crippen LogP) is 5.79. The number of hydrogen-bond donors (Lipinski definition) is 2. The molecule has 0 saturated heterocycles. The number of hydrogen-bond acceptors (Lipinski definition) is 5. The molecule has 6 nitrogen and oxygen atoms in total. The number of hydrazone groups is 1. The number of nitrogens with one attached hydrogen (secondary N) is 2. The van der Waals surface area contributed by atoms with Gasteiger partial charge in [-0.1, -0.05) is 29.3 Å². The predicted molar refractivity (Wildman–Crippen MR) is 118 cm³/mol. The van der Waals surface area contributed by atoms with E-state index in [4.69, 9.17) is 23.2 Å². The highest BCUT2D eigenvalue weighted by Gasteiger charge is 2.32. The molecule has 0 unspecified atom stereocenters. The Morgan fingerprint density at radius 3 is 2.56 bits per heavy atom. The number of rotatable bonds is 5. The molecule has 0 aliphatic heterocycles. The maximum Gasteiger partial charge on any atom is 0.417 e. The number of carbonyl (C=O) groups excluding carboxylic acids is 2. The van der Waals surface area contributed by atoms with Crippen LogP contribution in [0.2, 0.25) is 10.0 Å². The molecule has 1 aromatic carbocycles. The van der Waals surface area contributed by atoms with Gasteiger partial charge in [-0.05, 0) is 42.1 Å². The van der Waals surface area contributed by atoms with Crippen molar-refractivity contribution < 1.29 is 22.8 Å². The van der Waals surface area contributed by atoms with E-state index >= 15 is 0 Å². The average Bonchev–Trinajstić information content (AvgIpc) is 3.22. The Kier molecular flexibility index (Phi) is 7.17. The summed E-state index contributed by atoms with van der Waals surface area (Å²) in [6, 6.07) is 7.05. The average molecular weight is 501 g/mol. The summed E-state index contributed by atoms with van der Waals surface area (Å²) in [5.41, 5.74) is 1.33. The van der Waals surface area contributed by atoms with E-state index in [-0.39, 0.29) is 16.3 Å². The second-order valence-electron chi connectivity index (χ2n) is 6.37. The monoisotopic (exact) mass is 500 g/mol. The van der Waals surface area contributed by atoms with Crippen molar-refractivity contribution in [3.8, 4) is 0 Å². The maximum atomic E-state index is 12.8. The van der Waals surface area contributed by atoms with E-state index < -0.39 is 34.3 Å². The summed E-state index contributed by atoms with van der Waals surface area (Å²) in [6.07, 6.45) is -2.71. The minimum atomic E-state index is -4.66. The number of thiophene rings is 1. The number of pyridine rings is 1. The molecule has 2 heterocycles. The molecule has 3 rings (SSSR count). The molecule has 166 valence electrons. The number of anilines is 1. The molecular formula is C20H13Cl2F3N4O2S. The smallest absolute Gasteiger partial charge is 0.320 e. The van der Waals surface area contributed by atoms with Gasteiger partial charge in [0.15, 0.2) is 0 Å². The van der Waals surface area contributed by atoms with Gasteiger partial charge in [-0.15, -0.1) is 11.3 Å². The van der Waals surface area contributed by atoms with Gasteiger partial charge in [-0.3, -0.25) is 9.59 Å². The fraction of sp³-hybridized carbons (Fsp3) is 0.100. The molecule has 32 heavy (non-hydrogen) atoms. The van der Waals surface area contributed by atoms with Crippen LogP contribution >= 0.6 is 34.5 Å². The highest BCUT2D eigenvalue weighted by Crippen LogP contribution is 2.32. The summed E-state index contributed by atoms with van der Waals surface area (Å²) < 4.78 is 38.4. The molecule has 2 N–H and O–H groups in total.